The Morgan fingerprint density at radius 3 is 0.776 bits per heavy atom. The van der Waals surface area contributed by atoms with E-state index >= 15 is 0 Å². The van der Waals surface area contributed by atoms with Crippen LogP contribution in [-0.4, -0.2) is 6.61 Å². The van der Waals surface area contributed by atoms with Crippen LogP contribution < -0.4 is 9.47 Å². The number of hydrogen-bond donors (Lipinski definition) is 0. The molecule has 0 saturated heterocycles. The molecule has 4 rings (SSSR count). The van der Waals surface area contributed by atoms with Crippen LogP contribution in [0.25, 0.3) is 0 Å². The Balaban J connectivity index is 1.94. The summed E-state index contributed by atoms with van der Waals surface area (Å²) in [4.78, 5) is 0. The van der Waals surface area contributed by atoms with Crippen LogP contribution in [0.4, 0.5) is 0 Å². The number of rotatable bonds is 9. The van der Waals surface area contributed by atoms with E-state index in [2.05, 4.69) is 293 Å². The molecule has 0 aliphatic carbocycles. The van der Waals surface area contributed by atoms with Crippen LogP contribution in [0.3, 0.4) is 0 Å². The van der Waals surface area contributed by atoms with Crippen molar-refractivity contribution in [3.8, 4) is 23.0 Å². The smallest absolute Gasteiger partial charge is 0.158 e. The molecule has 0 fully saturated rings. The van der Waals surface area contributed by atoms with Crippen LogP contribution in [0.5, 0.6) is 23.0 Å². The molecule has 0 bridgehead atoms. The van der Waals surface area contributed by atoms with Crippen LogP contribution in [-0.2, 0) is 4.74 Å². The Hall–Kier alpha value is 4.82. The minimum Gasteiger partial charge on any atom is -0.452 e. The molecule has 0 atom stereocenters. The molecule has 0 aliphatic rings. The Kier molecular flexibility index (Phi) is 18.7. The summed E-state index contributed by atoms with van der Waals surface area (Å²) in [6, 6.07) is 0. The van der Waals surface area contributed by atoms with Gasteiger partial charge in [-0.1, -0.05) is 6.08 Å². The van der Waals surface area contributed by atoms with Gasteiger partial charge in [0.1, 0.15) is 6.10 Å². The molecule has 0 amide bonds. The highest BCUT2D eigenvalue weighted by molar-refractivity contribution is 9.17. The van der Waals surface area contributed by atoms with Gasteiger partial charge in [0, 0.05) is 38.0 Å². The lowest BCUT2D eigenvalue weighted by atomic mass is 10.0. The summed E-state index contributed by atoms with van der Waals surface area (Å²) in [6.45, 7) is 4.13. The summed E-state index contributed by atoms with van der Waals surface area (Å²) in [5.74, 6) is 2.07. The van der Waals surface area contributed by atoms with E-state index in [9.17, 15) is 0 Å². The fraction of sp³-hybridized carbons (Fsp3) is 0.0714. The van der Waals surface area contributed by atoms with E-state index in [1.54, 1.807) is 6.08 Å². The van der Waals surface area contributed by atoms with Crippen molar-refractivity contribution in [3.05, 3.63) is 104 Å². The second-order valence-corrected chi connectivity index (χ2v) is 23.3. The maximum Gasteiger partial charge on any atom is 0.158 e. The molecule has 0 aromatic heterocycles. The van der Waals surface area contributed by atoms with E-state index in [-0.39, 0.29) is 6.61 Å². The fourth-order valence-corrected chi connectivity index (χ4v) is 15.6. The molecule has 262 valence electrons. The average Bonchev–Trinajstić information content (AvgIpc) is 3.07. The van der Waals surface area contributed by atoms with Crippen molar-refractivity contribution < 1.29 is 14.2 Å². The molecule has 4 aromatic rings. The zero-order valence-electron chi connectivity index (χ0n) is 22.6. The van der Waals surface area contributed by atoms with Crippen molar-refractivity contribution in [1.82, 2.24) is 0 Å². The second kappa shape index (κ2) is 19.7. The van der Waals surface area contributed by atoms with E-state index in [0.717, 1.165) is 38.0 Å². The summed E-state index contributed by atoms with van der Waals surface area (Å²) < 4.78 is 32.4. The summed E-state index contributed by atoms with van der Waals surface area (Å²) in [7, 11) is 0. The molecule has 0 heterocycles. The van der Waals surface area contributed by atoms with Gasteiger partial charge in [-0.2, -0.15) is 0 Å². The van der Waals surface area contributed by atoms with Gasteiger partial charge in [-0.3, -0.25) is 0 Å². The van der Waals surface area contributed by atoms with Gasteiger partial charge >= 0.3 is 0 Å². The quantitative estimate of drug-likeness (QED) is 0.0950. The number of ether oxygens (including phenoxy) is 3. The van der Waals surface area contributed by atoms with Gasteiger partial charge in [-0.15, -0.1) is 6.58 Å². The molecule has 49 heavy (non-hydrogen) atoms. The predicted molar refractivity (Wildman–Crippen MR) is 263 cm³/mol. The van der Waals surface area contributed by atoms with Crippen LogP contribution >= 0.6 is 287 Å². The van der Waals surface area contributed by atoms with Crippen LogP contribution in [0, 0.1) is 0 Å². The van der Waals surface area contributed by atoms with Gasteiger partial charge < -0.3 is 14.2 Å². The van der Waals surface area contributed by atoms with Crippen molar-refractivity contribution >= 4 is 287 Å². The van der Waals surface area contributed by atoms with Gasteiger partial charge in [-0.05, 0) is 287 Å². The van der Waals surface area contributed by atoms with Crippen molar-refractivity contribution in [2.75, 3.05) is 6.61 Å². The minimum absolute atomic E-state index is 0.241. The average molecular weight is 1830 g/mol. The summed E-state index contributed by atoms with van der Waals surface area (Å²) >= 11 is 66.7. The lowest BCUT2D eigenvalue weighted by Gasteiger charge is -2.27. The maximum atomic E-state index is 6.55. The first-order chi connectivity index (χ1) is 22.8. The van der Waals surface area contributed by atoms with Crippen LogP contribution in [0.15, 0.2) is 93.2 Å². The normalized spacial score (nSPS) is 11.5. The monoisotopic (exact) mass is 1810 g/mol. The first-order valence-corrected chi connectivity index (χ1v) is 26.4. The molecule has 0 aliphatic heterocycles. The Labute approximate surface area is 432 Å². The molecular formula is C28H6Br18O3. The molecule has 0 spiro atoms. The molecule has 0 unspecified atom stereocenters. The molecular weight excluding hydrogens is 1820 g/mol. The minimum atomic E-state index is -0.669. The van der Waals surface area contributed by atoms with E-state index in [1.807, 2.05) is 0 Å². The fourth-order valence-electron chi connectivity index (χ4n) is 3.92. The largest absolute Gasteiger partial charge is 0.452 e. The SMILES string of the molecule is C=CCOC(c1c(Br)c(Br)c(Oc2c(Br)c(Br)c(Br)c(Br)c2Br)c(Br)c1Br)c1c(Br)c(Br)c(Oc2c(Br)c(Br)c(Br)c(Br)c2Br)c(Br)c1Br. The van der Waals surface area contributed by atoms with E-state index in [4.69, 9.17) is 14.2 Å². The standard InChI is InChI=1S/C28H6Br18O3/c1-2-3-47-24(4-6(29)16(39)25(17(40)7(4)30)48-27-20(43)12(35)10(33)13(36)21(27)44)5-8(31)18(41)26(19(42)9(5)32)49-28-22(45)14(37)11(34)15(38)23(28)46/h2,24H,1,3H2. The van der Waals surface area contributed by atoms with E-state index in [1.165, 1.54) is 0 Å². The topological polar surface area (TPSA) is 27.7 Å². The highest BCUT2D eigenvalue weighted by atomic mass is 79.9. The summed E-state index contributed by atoms with van der Waals surface area (Å²) in [5, 5.41) is 0. The first kappa shape index (κ1) is 46.5. The highest BCUT2D eigenvalue weighted by Gasteiger charge is 2.34. The van der Waals surface area contributed by atoms with Gasteiger partial charge in [-0.25, -0.2) is 0 Å². The lowest BCUT2D eigenvalue weighted by Crippen LogP contribution is -2.12. The number of benzene rings is 4. The van der Waals surface area contributed by atoms with Crippen molar-refractivity contribution in [2.24, 2.45) is 0 Å². The number of halogens is 18. The summed E-state index contributed by atoms with van der Waals surface area (Å²) in [6.07, 6.45) is 1.02. The first-order valence-electron chi connectivity index (χ1n) is 12.1. The molecule has 0 radical (unpaired) electrons. The second-order valence-electron chi connectivity index (χ2n) is 9.00. The van der Waals surface area contributed by atoms with Crippen molar-refractivity contribution in [1.29, 1.82) is 0 Å². The van der Waals surface area contributed by atoms with Gasteiger partial charge in [0.2, 0.25) is 0 Å². The van der Waals surface area contributed by atoms with Gasteiger partial charge in [0.25, 0.3) is 0 Å². The molecule has 0 N–H and O–H groups in total. The van der Waals surface area contributed by atoms with Crippen LogP contribution in [0.1, 0.15) is 17.2 Å². The highest BCUT2D eigenvalue weighted by Crippen LogP contribution is 2.59. The van der Waals surface area contributed by atoms with Gasteiger partial charge in [0.15, 0.2) is 23.0 Å². The Bertz CT molecular complexity index is 1790. The molecule has 4 aromatic carbocycles. The predicted octanol–water partition coefficient (Wildman–Crippen LogP) is 21.3. The lowest BCUT2D eigenvalue weighted by molar-refractivity contribution is 0.102. The zero-order valence-corrected chi connectivity index (χ0v) is 51.1. The van der Waals surface area contributed by atoms with Crippen molar-refractivity contribution in [2.45, 2.75) is 6.10 Å². The molecule has 0 saturated carbocycles. The maximum absolute atomic E-state index is 6.55. The van der Waals surface area contributed by atoms with Crippen LogP contribution in [0.2, 0.25) is 0 Å². The Morgan fingerprint density at radius 2 is 0.551 bits per heavy atom. The third-order valence-electron chi connectivity index (χ3n) is 6.17. The van der Waals surface area contributed by atoms with Crippen molar-refractivity contribution in [3.63, 3.8) is 0 Å². The molecule has 3 nitrogen and oxygen atoms in total. The van der Waals surface area contributed by atoms with E-state index in [0.29, 0.717) is 76.7 Å². The summed E-state index contributed by atoms with van der Waals surface area (Å²) in [5.41, 5.74) is 1.51. The third kappa shape index (κ3) is 9.35. The number of hydrogen-bond acceptors (Lipinski definition) is 3. The van der Waals surface area contributed by atoms with Gasteiger partial charge in [0.05, 0.1) is 60.3 Å². The molecule has 21 heteroatoms. The zero-order chi connectivity index (χ0) is 37.0. The third-order valence-corrected chi connectivity index (χ3v) is 26.7. The Morgan fingerprint density at radius 1 is 0.347 bits per heavy atom. The van der Waals surface area contributed by atoms with E-state index < -0.39 is 6.10 Å².